The van der Waals surface area contributed by atoms with Gasteiger partial charge in [-0.3, -0.25) is 14.8 Å². The number of alkyl halides is 3. The largest absolute Gasteiger partial charge is 0.497 e. The SMILES string of the molecule is COc1cccc(C2CN(Cc3ccccc3)CC2C(=O)Nc2ccc3[nH]ncc3c2)c1.O=C(O)C(F)(F)F. The van der Waals surface area contributed by atoms with Gasteiger partial charge in [0.05, 0.1) is 24.7 Å². The summed E-state index contributed by atoms with van der Waals surface area (Å²) >= 11 is 0. The van der Waals surface area contributed by atoms with Gasteiger partial charge in [-0.25, -0.2) is 4.79 Å². The van der Waals surface area contributed by atoms with Crippen molar-refractivity contribution >= 4 is 28.5 Å². The number of aliphatic carboxylic acids is 1. The van der Waals surface area contributed by atoms with E-state index >= 15 is 0 Å². The number of amides is 1. The number of benzene rings is 3. The number of aromatic amines is 1. The number of nitrogens with one attached hydrogen (secondary N) is 2. The lowest BCUT2D eigenvalue weighted by atomic mass is 9.88. The van der Waals surface area contributed by atoms with E-state index in [1.165, 1.54) is 5.56 Å². The highest BCUT2D eigenvalue weighted by atomic mass is 19.4. The van der Waals surface area contributed by atoms with Crippen LogP contribution in [-0.2, 0) is 16.1 Å². The van der Waals surface area contributed by atoms with Crippen LogP contribution in [0.4, 0.5) is 18.9 Å². The third kappa shape index (κ3) is 7.14. The van der Waals surface area contributed by atoms with E-state index in [2.05, 4.69) is 56.8 Å². The van der Waals surface area contributed by atoms with E-state index in [4.69, 9.17) is 14.6 Å². The van der Waals surface area contributed by atoms with Crippen LogP contribution < -0.4 is 10.1 Å². The van der Waals surface area contributed by atoms with E-state index in [0.717, 1.165) is 41.0 Å². The summed E-state index contributed by atoms with van der Waals surface area (Å²) < 4.78 is 37.2. The minimum atomic E-state index is -5.08. The number of carboxylic acid groups (broad SMARTS) is 1. The Balaban J connectivity index is 0.000000448. The summed E-state index contributed by atoms with van der Waals surface area (Å²) in [6.07, 6.45) is -3.32. The third-order valence-electron chi connectivity index (χ3n) is 6.45. The van der Waals surface area contributed by atoms with E-state index in [0.29, 0.717) is 6.54 Å². The Bertz CT molecular complexity index is 1430. The molecule has 1 fully saturated rings. The summed E-state index contributed by atoms with van der Waals surface area (Å²) in [7, 11) is 1.67. The van der Waals surface area contributed by atoms with Crippen LogP contribution in [0.3, 0.4) is 0 Å². The summed E-state index contributed by atoms with van der Waals surface area (Å²) in [5, 5.41) is 18.2. The first-order chi connectivity index (χ1) is 18.6. The lowest BCUT2D eigenvalue weighted by Crippen LogP contribution is -2.28. The molecule has 1 amide bonds. The van der Waals surface area contributed by atoms with Gasteiger partial charge in [-0.05, 0) is 41.5 Å². The second-order valence-corrected chi connectivity index (χ2v) is 9.13. The lowest BCUT2D eigenvalue weighted by molar-refractivity contribution is -0.192. The van der Waals surface area contributed by atoms with Gasteiger partial charge in [0.2, 0.25) is 5.91 Å². The fourth-order valence-corrected chi connectivity index (χ4v) is 4.59. The number of rotatable bonds is 6. The summed E-state index contributed by atoms with van der Waals surface area (Å²) in [6, 6.07) is 24.3. The van der Waals surface area contributed by atoms with Crippen molar-refractivity contribution in [1.29, 1.82) is 0 Å². The number of carbonyl (C=O) groups is 2. The second-order valence-electron chi connectivity index (χ2n) is 9.13. The molecule has 3 aromatic carbocycles. The van der Waals surface area contributed by atoms with Crippen LogP contribution in [0.25, 0.3) is 10.9 Å². The molecule has 0 radical (unpaired) electrons. The maximum Gasteiger partial charge on any atom is 0.490 e. The molecule has 1 aliphatic rings. The molecule has 5 rings (SSSR count). The van der Waals surface area contributed by atoms with Crippen LogP contribution in [0.2, 0.25) is 0 Å². The van der Waals surface area contributed by atoms with Crippen LogP contribution >= 0.6 is 0 Å². The standard InChI is InChI=1S/C26H26N4O2.C2HF3O2/c1-32-22-9-5-8-19(13-22)23-16-30(15-18-6-3-2-4-7-18)17-24(23)26(31)28-21-10-11-25-20(12-21)14-27-29-25;3-2(4,5)1(6)7/h2-14,23-24H,15-17H2,1H3,(H,27,29)(H,28,31);(H,6,7). The van der Waals surface area contributed by atoms with Gasteiger partial charge in [0.1, 0.15) is 5.75 Å². The lowest BCUT2D eigenvalue weighted by Gasteiger charge is -2.19. The molecular weight excluding hydrogens is 513 g/mol. The van der Waals surface area contributed by atoms with Crippen molar-refractivity contribution in [2.24, 2.45) is 5.92 Å². The Kier molecular flexibility index (Phi) is 8.50. The minimum absolute atomic E-state index is 0.0382. The minimum Gasteiger partial charge on any atom is -0.497 e. The zero-order chi connectivity index (χ0) is 28.0. The van der Waals surface area contributed by atoms with Gasteiger partial charge in [0.15, 0.2) is 0 Å². The molecule has 204 valence electrons. The predicted molar refractivity (Wildman–Crippen MR) is 139 cm³/mol. The molecule has 4 aromatic rings. The quantitative estimate of drug-likeness (QED) is 0.316. The predicted octanol–water partition coefficient (Wildman–Crippen LogP) is 5.06. The van der Waals surface area contributed by atoms with Crippen molar-refractivity contribution in [3.8, 4) is 5.75 Å². The van der Waals surface area contributed by atoms with Gasteiger partial charge in [0, 0.05) is 36.6 Å². The summed E-state index contributed by atoms with van der Waals surface area (Å²) in [5.74, 6) is -1.98. The number of nitrogens with zero attached hydrogens (tertiary/aromatic N) is 2. The number of ether oxygens (including phenoxy) is 1. The molecule has 0 saturated carbocycles. The van der Waals surface area contributed by atoms with E-state index in [1.54, 1.807) is 13.3 Å². The highest BCUT2D eigenvalue weighted by Crippen LogP contribution is 2.36. The average Bonchev–Trinajstić information content (AvgIpc) is 3.56. The number of H-pyrrole nitrogens is 1. The molecule has 11 heteroatoms. The van der Waals surface area contributed by atoms with E-state index in [9.17, 15) is 18.0 Å². The Labute approximate surface area is 222 Å². The highest BCUT2D eigenvalue weighted by Gasteiger charge is 2.39. The molecule has 0 spiro atoms. The fraction of sp³-hybridized carbons (Fsp3) is 0.250. The zero-order valence-electron chi connectivity index (χ0n) is 21.0. The number of fused-ring (bicyclic) bond motifs is 1. The molecule has 2 unspecified atom stereocenters. The first kappa shape index (κ1) is 27.6. The summed E-state index contributed by atoms with van der Waals surface area (Å²) in [6.45, 7) is 2.35. The molecule has 1 aromatic heterocycles. The Morgan fingerprint density at radius 2 is 1.82 bits per heavy atom. The van der Waals surface area contributed by atoms with Gasteiger partial charge in [-0.2, -0.15) is 18.3 Å². The number of aromatic nitrogens is 2. The van der Waals surface area contributed by atoms with Crippen molar-refractivity contribution in [3.63, 3.8) is 0 Å². The fourth-order valence-electron chi connectivity index (χ4n) is 4.59. The van der Waals surface area contributed by atoms with Crippen molar-refractivity contribution in [3.05, 3.63) is 90.1 Å². The topological polar surface area (TPSA) is 108 Å². The number of anilines is 1. The molecular formula is C28H27F3N4O4. The van der Waals surface area contributed by atoms with E-state index < -0.39 is 12.1 Å². The molecule has 8 nitrogen and oxygen atoms in total. The van der Waals surface area contributed by atoms with Crippen LogP contribution in [0.15, 0.2) is 79.0 Å². The van der Waals surface area contributed by atoms with Gasteiger partial charge in [0.25, 0.3) is 0 Å². The molecule has 1 saturated heterocycles. The molecule has 0 aliphatic carbocycles. The van der Waals surface area contributed by atoms with Gasteiger partial charge in [-0.15, -0.1) is 0 Å². The molecule has 2 atom stereocenters. The number of methoxy groups -OCH3 is 1. The maximum absolute atomic E-state index is 13.4. The van der Waals surface area contributed by atoms with Crippen molar-refractivity contribution in [2.75, 3.05) is 25.5 Å². The van der Waals surface area contributed by atoms with Crippen molar-refractivity contribution in [2.45, 2.75) is 18.6 Å². The summed E-state index contributed by atoms with van der Waals surface area (Å²) in [5.41, 5.74) is 4.12. The van der Waals surface area contributed by atoms with Crippen molar-refractivity contribution < 1.29 is 32.6 Å². The van der Waals surface area contributed by atoms with Gasteiger partial charge < -0.3 is 15.2 Å². The van der Waals surface area contributed by atoms with Crippen LogP contribution in [0, 0.1) is 5.92 Å². The number of likely N-dealkylation sites (tertiary alicyclic amines) is 1. The van der Waals surface area contributed by atoms with E-state index in [-0.39, 0.29) is 17.7 Å². The average molecular weight is 541 g/mol. The smallest absolute Gasteiger partial charge is 0.490 e. The van der Waals surface area contributed by atoms with Gasteiger partial charge in [-0.1, -0.05) is 42.5 Å². The maximum atomic E-state index is 13.4. The Hall–Kier alpha value is -4.38. The zero-order valence-corrected chi connectivity index (χ0v) is 21.0. The monoisotopic (exact) mass is 540 g/mol. The number of hydrogen-bond donors (Lipinski definition) is 3. The normalized spacial score (nSPS) is 17.3. The number of carbonyl (C=O) groups excluding carboxylic acids is 1. The number of hydrogen-bond acceptors (Lipinski definition) is 5. The van der Waals surface area contributed by atoms with E-state index in [1.807, 2.05) is 36.4 Å². The molecule has 2 heterocycles. The Morgan fingerprint density at radius 1 is 1.08 bits per heavy atom. The second kappa shape index (κ2) is 12.0. The van der Waals surface area contributed by atoms with Crippen molar-refractivity contribution in [1.82, 2.24) is 15.1 Å². The molecule has 0 bridgehead atoms. The van der Waals surface area contributed by atoms with Crippen LogP contribution in [-0.4, -0.2) is 58.5 Å². The first-order valence-electron chi connectivity index (χ1n) is 12.1. The molecule has 3 N–H and O–H groups in total. The van der Waals surface area contributed by atoms with Gasteiger partial charge >= 0.3 is 12.1 Å². The third-order valence-corrected chi connectivity index (χ3v) is 6.45. The first-order valence-corrected chi connectivity index (χ1v) is 12.1. The van der Waals surface area contributed by atoms with Crippen LogP contribution in [0.5, 0.6) is 5.75 Å². The van der Waals surface area contributed by atoms with Crippen LogP contribution in [0.1, 0.15) is 17.0 Å². The highest BCUT2D eigenvalue weighted by molar-refractivity contribution is 5.95. The number of carboxylic acids is 1. The Morgan fingerprint density at radius 3 is 2.51 bits per heavy atom. The molecule has 1 aliphatic heterocycles. The number of halogens is 3. The molecule has 39 heavy (non-hydrogen) atoms. The summed E-state index contributed by atoms with van der Waals surface area (Å²) in [4.78, 5) is 24.7.